The van der Waals surface area contributed by atoms with Crippen LogP contribution in [-0.4, -0.2) is 13.2 Å². The Balaban J connectivity index is 2.29. The molecule has 100 valence electrons. The predicted molar refractivity (Wildman–Crippen MR) is 73.5 cm³/mol. The molecular formula is C14H20ClNO2. The second kappa shape index (κ2) is 5.81. The van der Waals surface area contributed by atoms with Gasteiger partial charge in [-0.15, -0.1) is 0 Å². The number of hydrogen-bond acceptors (Lipinski definition) is 3. The lowest BCUT2D eigenvalue weighted by Crippen LogP contribution is -2.13. The van der Waals surface area contributed by atoms with Crippen molar-refractivity contribution < 1.29 is 9.47 Å². The van der Waals surface area contributed by atoms with Crippen molar-refractivity contribution in [1.82, 2.24) is 0 Å². The Morgan fingerprint density at radius 2 is 2.00 bits per heavy atom. The van der Waals surface area contributed by atoms with E-state index in [1.807, 2.05) is 19.1 Å². The van der Waals surface area contributed by atoms with Gasteiger partial charge in [-0.3, -0.25) is 0 Å². The first-order chi connectivity index (χ1) is 8.61. The van der Waals surface area contributed by atoms with E-state index in [1.165, 1.54) is 12.8 Å². The quantitative estimate of drug-likeness (QED) is 0.907. The average molecular weight is 270 g/mol. The highest BCUT2D eigenvalue weighted by atomic mass is 35.5. The summed E-state index contributed by atoms with van der Waals surface area (Å²) in [5, 5.41) is 0.556. The highest BCUT2D eigenvalue weighted by Crippen LogP contribution is 2.39. The molecule has 3 nitrogen and oxygen atoms in total. The maximum Gasteiger partial charge on any atom is 0.179 e. The van der Waals surface area contributed by atoms with Gasteiger partial charge >= 0.3 is 0 Å². The van der Waals surface area contributed by atoms with Crippen molar-refractivity contribution in [2.24, 2.45) is 5.73 Å². The van der Waals surface area contributed by atoms with E-state index in [4.69, 9.17) is 26.8 Å². The fourth-order valence-electron chi connectivity index (χ4n) is 2.32. The number of hydrogen-bond donors (Lipinski definition) is 1. The van der Waals surface area contributed by atoms with Crippen LogP contribution in [0, 0.1) is 0 Å². The molecule has 1 aromatic carbocycles. The molecule has 1 aromatic rings. The largest absolute Gasteiger partial charge is 0.491 e. The van der Waals surface area contributed by atoms with E-state index in [1.54, 1.807) is 7.11 Å². The first-order valence-electron chi connectivity index (χ1n) is 6.41. The minimum absolute atomic E-state index is 0.0701. The minimum Gasteiger partial charge on any atom is -0.491 e. The van der Waals surface area contributed by atoms with Crippen molar-refractivity contribution in [3.05, 3.63) is 22.7 Å². The Bertz CT molecular complexity index is 415. The van der Waals surface area contributed by atoms with Gasteiger partial charge in [0.2, 0.25) is 0 Å². The lowest BCUT2D eigenvalue weighted by molar-refractivity contribution is 0.200. The molecule has 0 amide bonds. The van der Waals surface area contributed by atoms with E-state index in [9.17, 15) is 0 Å². The summed E-state index contributed by atoms with van der Waals surface area (Å²) in [6.45, 7) is 1.93. The third-order valence-electron chi connectivity index (χ3n) is 3.36. The summed E-state index contributed by atoms with van der Waals surface area (Å²) in [5.74, 6) is 1.32. The zero-order valence-electron chi connectivity index (χ0n) is 10.9. The molecule has 0 aromatic heterocycles. The summed E-state index contributed by atoms with van der Waals surface area (Å²) < 4.78 is 11.3. The van der Waals surface area contributed by atoms with Crippen molar-refractivity contribution in [2.45, 2.75) is 44.8 Å². The molecule has 0 bridgehead atoms. The minimum atomic E-state index is -0.0701. The maximum atomic E-state index is 6.20. The molecule has 4 heteroatoms. The van der Waals surface area contributed by atoms with Crippen molar-refractivity contribution >= 4 is 11.6 Å². The Kier molecular flexibility index (Phi) is 4.36. The van der Waals surface area contributed by atoms with Crippen LogP contribution in [0.25, 0.3) is 0 Å². The predicted octanol–water partition coefficient (Wildman–Crippen LogP) is 3.69. The summed E-state index contributed by atoms with van der Waals surface area (Å²) in [6, 6.07) is 3.71. The maximum absolute atomic E-state index is 6.20. The molecule has 2 rings (SSSR count). The van der Waals surface area contributed by atoms with Gasteiger partial charge in [-0.1, -0.05) is 11.6 Å². The molecule has 1 saturated carbocycles. The Hall–Kier alpha value is -0.930. The van der Waals surface area contributed by atoms with Gasteiger partial charge in [-0.05, 0) is 50.3 Å². The molecule has 0 spiro atoms. The van der Waals surface area contributed by atoms with Crippen molar-refractivity contribution in [2.75, 3.05) is 7.11 Å². The number of nitrogens with two attached hydrogens (primary N) is 1. The van der Waals surface area contributed by atoms with E-state index in [-0.39, 0.29) is 12.1 Å². The molecule has 2 N–H and O–H groups in total. The van der Waals surface area contributed by atoms with Gasteiger partial charge in [-0.25, -0.2) is 0 Å². The van der Waals surface area contributed by atoms with Crippen molar-refractivity contribution in [3.8, 4) is 11.5 Å². The highest BCUT2D eigenvalue weighted by molar-refractivity contribution is 6.32. The van der Waals surface area contributed by atoms with Gasteiger partial charge in [0, 0.05) is 6.04 Å². The Morgan fingerprint density at radius 3 is 2.56 bits per heavy atom. The second-order valence-electron chi connectivity index (χ2n) is 4.85. The second-order valence-corrected chi connectivity index (χ2v) is 5.25. The third kappa shape index (κ3) is 2.90. The summed E-state index contributed by atoms with van der Waals surface area (Å²) in [4.78, 5) is 0. The summed E-state index contributed by atoms with van der Waals surface area (Å²) in [5.41, 5.74) is 6.86. The normalized spacial score (nSPS) is 17.8. The topological polar surface area (TPSA) is 44.5 Å². The van der Waals surface area contributed by atoms with Crippen LogP contribution in [0.4, 0.5) is 0 Å². The average Bonchev–Trinajstić information content (AvgIpc) is 2.81. The molecule has 1 aliphatic rings. The molecule has 0 aliphatic heterocycles. The molecule has 18 heavy (non-hydrogen) atoms. The highest BCUT2D eigenvalue weighted by Gasteiger charge is 2.20. The number of methoxy groups -OCH3 is 1. The molecule has 1 unspecified atom stereocenters. The lowest BCUT2D eigenvalue weighted by atomic mass is 10.1. The molecular weight excluding hydrogens is 250 g/mol. The van der Waals surface area contributed by atoms with Crippen molar-refractivity contribution in [1.29, 1.82) is 0 Å². The van der Waals surface area contributed by atoms with Crippen LogP contribution >= 0.6 is 11.6 Å². The van der Waals surface area contributed by atoms with Gasteiger partial charge in [0.1, 0.15) is 0 Å². The first-order valence-corrected chi connectivity index (χ1v) is 6.79. The van der Waals surface area contributed by atoms with Gasteiger partial charge in [0.05, 0.1) is 18.2 Å². The Labute approximate surface area is 113 Å². The number of benzene rings is 1. The summed E-state index contributed by atoms with van der Waals surface area (Å²) in [6.07, 6.45) is 4.94. The van der Waals surface area contributed by atoms with Crippen LogP contribution in [-0.2, 0) is 0 Å². The number of rotatable bonds is 4. The molecule has 0 radical (unpaired) electrons. The molecule has 1 atom stereocenters. The van der Waals surface area contributed by atoms with E-state index < -0.39 is 0 Å². The van der Waals surface area contributed by atoms with E-state index in [0.717, 1.165) is 18.4 Å². The zero-order chi connectivity index (χ0) is 13.1. The van der Waals surface area contributed by atoms with Gasteiger partial charge in [0.25, 0.3) is 0 Å². The summed E-state index contributed by atoms with van der Waals surface area (Å²) >= 11 is 6.20. The number of ether oxygens (including phenoxy) is 2. The standard InChI is InChI=1S/C14H20ClNO2/c1-9(16)10-7-12(15)14(17-2)13(8-10)18-11-5-3-4-6-11/h7-9,11H,3-6,16H2,1-2H3. The molecule has 0 saturated heterocycles. The Morgan fingerprint density at radius 1 is 1.33 bits per heavy atom. The molecule has 0 heterocycles. The van der Waals surface area contributed by atoms with Gasteiger partial charge in [-0.2, -0.15) is 0 Å². The van der Waals surface area contributed by atoms with Crippen LogP contribution in [0.1, 0.15) is 44.2 Å². The van der Waals surface area contributed by atoms with Crippen LogP contribution in [0.5, 0.6) is 11.5 Å². The van der Waals surface area contributed by atoms with Crippen molar-refractivity contribution in [3.63, 3.8) is 0 Å². The lowest BCUT2D eigenvalue weighted by Gasteiger charge is -2.18. The molecule has 1 aliphatic carbocycles. The van der Waals surface area contributed by atoms with Crippen LogP contribution in [0.2, 0.25) is 5.02 Å². The van der Waals surface area contributed by atoms with Gasteiger partial charge in [0.15, 0.2) is 11.5 Å². The van der Waals surface area contributed by atoms with Gasteiger partial charge < -0.3 is 15.2 Å². The van der Waals surface area contributed by atoms with E-state index in [0.29, 0.717) is 16.5 Å². The fourth-order valence-corrected chi connectivity index (χ4v) is 2.62. The van der Waals surface area contributed by atoms with Crippen LogP contribution < -0.4 is 15.2 Å². The van der Waals surface area contributed by atoms with E-state index in [2.05, 4.69) is 0 Å². The summed E-state index contributed by atoms with van der Waals surface area (Å²) in [7, 11) is 1.61. The van der Waals surface area contributed by atoms with Crippen LogP contribution in [0.3, 0.4) is 0 Å². The molecule has 1 fully saturated rings. The van der Waals surface area contributed by atoms with Crippen LogP contribution in [0.15, 0.2) is 12.1 Å². The monoisotopic (exact) mass is 269 g/mol. The zero-order valence-corrected chi connectivity index (χ0v) is 11.7. The number of halogens is 1. The first kappa shape index (κ1) is 13.5. The fraction of sp³-hybridized carbons (Fsp3) is 0.571. The van der Waals surface area contributed by atoms with E-state index >= 15 is 0 Å². The SMILES string of the molecule is COc1c(Cl)cc(C(C)N)cc1OC1CCCC1. The smallest absolute Gasteiger partial charge is 0.179 e. The third-order valence-corrected chi connectivity index (χ3v) is 3.64.